The van der Waals surface area contributed by atoms with Gasteiger partial charge in [-0.05, 0) is 50.6 Å². The van der Waals surface area contributed by atoms with Gasteiger partial charge in [-0.1, -0.05) is 18.2 Å². The highest BCUT2D eigenvalue weighted by Gasteiger charge is 2.22. The molecular formula is C20H22N2O4. The van der Waals surface area contributed by atoms with E-state index >= 15 is 0 Å². The molecule has 0 fully saturated rings. The van der Waals surface area contributed by atoms with Gasteiger partial charge < -0.3 is 19.6 Å². The van der Waals surface area contributed by atoms with Crippen molar-refractivity contribution in [1.29, 1.82) is 0 Å². The van der Waals surface area contributed by atoms with Crippen molar-refractivity contribution in [2.75, 3.05) is 6.61 Å². The fourth-order valence-corrected chi connectivity index (χ4v) is 2.71. The zero-order valence-electron chi connectivity index (χ0n) is 15.0. The number of carbonyl (C=O) groups is 1. The fraction of sp³-hybridized carbons (Fsp3) is 0.300. The standard InChI is InChI=1S/C20H22N2O4/c1-20(2,3)26-19(24)22-17(12-23)14-11-16(18-9-6-10-25-18)21-15-8-5-4-7-13(14)15/h4-11,17,23H,12H2,1-3H3,(H,22,24)/t17-/m0/s1. The lowest BCUT2D eigenvalue weighted by Gasteiger charge is -2.23. The molecule has 136 valence electrons. The number of hydrogen-bond acceptors (Lipinski definition) is 5. The molecule has 3 rings (SSSR count). The first-order valence-electron chi connectivity index (χ1n) is 8.41. The van der Waals surface area contributed by atoms with Crippen molar-refractivity contribution in [2.24, 2.45) is 0 Å². The molecule has 0 aliphatic rings. The van der Waals surface area contributed by atoms with Gasteiger partial charge in [0, 0.05) is 5.39 Å². The van der Waals surface area contributed by atoms with Crippen LogP contribution in [0, 0.1) is 0 Å². The molecule has 0 aliphatic heterocycles. The highest BCUT2D eigenvalue weighted by molar-refractivity contribution is 5.85. The van der Waals surface area contributed by atoms with Crippen LogP contribution in [0.3, 0.4) is 0 Å². The van der Waals surface area contributed by atoms with Crippen LogP contribution in [-0.2, 0) is 4.74 Å². The molecule has 1 aromatic carbocycles. The van der Waals surface area contributed by atoms with Gasteiger partial charge >= 0.3 is 6.09 Å². The van der Waals surface area contributed by atoms with Crippen molar-refractivity contribution in [1.82, 2.24) is 10.3 Å². The maximum absolute atomic E-state index is 12.2. The molecule has 6 nitrogen and oxygen atoms in total. The molecule has 1 amide bonds. The number of carbonyl (C=O) groups excluding carboxylic acids is 1. The van der Waals surface area contributed by atoms with Crippen LogP contribution in [0.1, 0.15) is 32.4 Å². The van der Waals surface area contributed by atoms with Gasteiger partial charge in [0.05, 0.1) is 24.4 Å². The van der Waals surface area contributed by atoms with Crippen LogP contribution in [-0.4, -0.2) is 28.4 Å². The molecule has 0 saturated carbocycles. The number of fused-ring (bicyclic) bond motifs is 1. The SMILES string of the molecule is CC(C)(C)OC(=O)N[C@@H](CO)c1cc(-c2ccco2)nc2ccccc12. The van der Waals surface area contributed by atoms with E-state index in [1.54, 1.807) is 33.1 Å². The van der Waals surface area contributed by atoms with E-state index in [0.29, 0.717) is 11.5 Å². The Morgan fingerprint density at radius 2 is 2.04 bits per heavy atom. The van der Waals surface area contributed by atoms with E-state index in [1.165, 1.54) is 0 Å². The van der Waals surface area contributed by atoms with E-state index in [9.17, 15) is 9.90 Å². The molecule has 3 aromatic rings. The highest BCUT2D eigenvalue weighted by Crippen LogP contribution is 2.29. The summed E-state index contributed by atoms with van der Waals surface area (Å²) in [7, 11) is 0. The van der Waals surface area contributed by atoms with E-state index < -0.39 is 17.7 Å². The minimum Gasteiger partial charge on any atom is -0.463 e. The highest BCUT2D eigenvalue weighted by atomic mass is 16.6. The lowest BCUT2D eigenvalue weighted by atomic mass is 10.0. The fourth-order valence-electron chi connectivity index (χ4n) is 2.71. The molecular weight excluding hydrogens is 332 g/mol. The summed E-state index contributed by atoms with van der Waals surface area (Å²) in [5.74, 6) is 0.617. The number of pyridine rings is 1. The zero-order chi connectivity index (χ0) is 18.7. The summed E-state index contributed by atoms with van der Waals surface area (Å²) < 4.78 is 10.8. The predicted molar refractivity (Wildman–Crippen MR) is 98.6 cm³/mol. The van der Waals surface area contributed by atoms with Crippen molar-refractivity contribution in [3.05, 3.63) is 54.3 Å². The van der Waals surface area contributed by atoms with Gasteiger partial charge in [-0.25, -0.2) is 9.78 Å². The van der Waals surface area contributed by atoms with Crippen LogP contribution in [0.2, 0.25) is 0 Å². The Labute approximate surface area is 151 Å². The van der Waals surface area contributed by atoms with E-state index in [1.807, 2.05) is 36.4 Å². The monoisotopic (exact) mass is 354 g/mol. The van der Waals surface area contributed by atoms with Crippen LogP contribution < -0.4 is 5.32 Å². The summed E-state index contributed by atoms with van der Waals surface area (Å²) in [6.07, 6.45) is 0.992. The number of nitrogens with zero attached hydrogens (tertiary/aromatic N) is 1. The first-order chi connectivity index (χ1) is 12.4. The van der Waals surface area contributed by atoms with Crippen molar-refractivity contribution < 1.29 is 19.1 Å². The molecule has 2 heterocycles. The van der Waals surface area contributed by atoms with Gasteiger partial charge in [0.25, 0.3) is 0 Å². The normalized spacial score (nSPS) is 12.8. The average molecular weight is 354 g/mol. The van der Waals surface area contributed by atoms with Crippen LogP contribution in [0.15, 0.2) is 53.1 Å². The summed E-state index contributed by atoms with van der Waals surface area (Å²) in [6, 6.07) is 12.4. The summed E-state index contributed by atoms with van der Waals surface area (Å²) in [6.45, 7) is 5.09. The Balaban J connectivity index is 2.02. The first kappa shape index (κ1) is 17.9. The van der Waals surface area contributed by atoms with E-state index in [4.69, 9.17) is 9.15 Å². The van der Waals surface area contributed by atoms with Gasteiger partial charge in [-0.15, -0.1) is 0 Å². The van der Waals surface area contributed by atoms with Gasteiger partial charge in [-0.2, -0.15) is 0 Å². The number of benzene rings is 1. The molecule has 2 aromatic heterocycles. The summed E-state index contributed by atoms with van der Waals surface area (Å²) in [5, 5.41) is 13.5. The second kappa shape index (κ2) is 7.17. The first-order valence-corrected chi connectivity index (χ1v) is 8.41. The third-order valence-corrected chi connectivity index (χ3v) is 3.77. The molecule has 2 N–H and O–H groups in total. The molecule has 0 saturated heterocycles. The molecule has 26 heavy (non-hydrogen) atoms. The topological polar surface area (TPSA) is 84.6 Å². The predicted octanol–water partition coefficient (Wildman–Crippen LogP) is 4.05. The number of rotatable bonds is 4. The number of amides is 1. The van der Waals surface area contributed by atoms with Gasteiger partial charge in [-0.3, -0.25) is 0 Å². The lowest BCUT2D eigenvalue weighted by Crippen LogP contribution is -2.36. The summed E-state index contributed by atoms with van der Waals surface area (Å²) in [5.41, 5.74) is 1.51. The van der Waals surface area contributed by atoms with E-state index in [-0.39, 0.29) is 6.61 Å². The number of alkyl carbamates (subject to hydrolysis) is 1. The van der Waals surface area contributed by atoms with Gasteiger partial charge in [0.15, 0.2) is 5.76 Å². The van der Waals surface area contributed by atoms with Crippen molar-refractivity contribution in [3.8, 4) is 11.5 Å². The van der Waals surface area contributed by atoms with Crippen molar-refractivity contribution >= 4 is 17.0 Å². The maximum Gasteiger partial charge on any atom is 0.408 e. The molecule has 0 unspecified atom stereocenters. The van der Waals surface area contributed by atoms with Crippen molar-refractivity contribution in [2.45, 2.75) is 32.4 Å². The van der Waals surface area contributed by atoms with Crippen molar-refractivity contribution in [3.63, 3.8) is 0 Å². The summed E-state index contributed by atoms with van der Waals surface area (Å²) in [4.78, 5) is 16.8. The molecule has 1 atom stereocenters. The van der Waals surface area contributed by atoms with Crippen LogP contribution >= 0.6 is 0 Å². The number of nitrogens with one attached hydrogen (secondary N) is 1. The Morgan fingerprint density at radius 1 is 1.27 bits per heavy atom. The Hall–Kier alpha value is -2.86. The number of para-hydroxylation sites is 1. The quantitative estimate of drug-likeness (QED) is 0.738. The Morgan fingerprint density at radius 3 is 2.69 bits per heavy atom. The number of furan rings is 1. The van der Waals surface area contributed by atoms with Crippen LogP contribution in [0.4, 0.5) is 4.79 Å². The molecule has 0 bridgehead atoms. The molecule has 6 heteroatoms. The second-order valence-corrected chi connectivity index (χ2v) is 6.97. The smallest absolute Gasteiger partial charge is 0.408 e. The molecule has 0 radical (unpaired) electrons. The van der Waals surface area contributed by atoms with Gasteiger partial charge in [0.2, 0.25) is 0 Å². The molecule has 0 aliphatic carbocycles. The number of ether oxygens (including phenoxy) is 1. The van der Waals surface area contributed by atoms with Gasteiger partial charge in [0.1, 0.15) is 11.3 Å². The van der Waals surface area contributed by atoms with Crippen LogP contribution in [0.5, 0.6) is 0 Å². The molecule has 0 spiro atoms. The minimum atomic E-state index is -0.633. The van der Waals surface area contributed by atoms with Crippen LogP contribution in [0.25, 0.3) is 22.4 Å². The number of aliphatic hydroxyl groups excluding tert-OH is 1. The minimum absolute atomic E-state index is 0.273. The van der Waals surface area contributed by atoms with E-state index in [0.717, 1.165) is 16.5 Å². The zero-order valence-corrected chi connectivity index (χ0v) is 15.0. The number of aromatic nitrogens is 1. The largest absolute Gasteiger partial charge is 0.463 e. The lowest BCUT2D eigenvalue weighted by molar-refractivity contribution is 0.0482. The summed E-state index contributed by atoms with van der Waals surface area (Å²) >= 11 is 0. The second-order valence-electron chi connectivity index (χ2n) is 6.97. The maximum atomic E-state index is 12.2. The average Bonchev–Trinajstić information content (AvgIpc) is 3.12. The third kappa shape index (κ3) is 4.03. The van der Waals surface area contributed by atoms with E-state index in [2.05, 4.69) is 10.3 Å². The Kier molecular flexibility index (Phi) is 4.95. The Bertz CT molecular complexity index is 898. The third-order valence-electron chi connectivity index (χ3n) is 3.77. The number of hydrogen-bond donors (Lipinski definition) is 2. The number of aliphatic hydroxyl groups is 1.